The van der Waals surface area contributed by atoms with Crippen molar-refractivity contribution in [2.45, 2.75) is 38.0 Å². The quantitative estimate of drug-likeness (QED) is 0.779. The minimum absolute atomic E-state index is 0.0380. The number of alkyl halides is 3. The molecule has 0 aliphatic carbocycles. The summed E-state index contributed by atoms with van der Waals surface area (Å²) in [4.78, 5) is 10.8. The maximum atomic E-state index is 12.7. The average molecular weight is 288 g/mol. The number of carbonyl (C=O) groups is 1. The van der Waals surface area contributed by atoms with Crippen LogP contribution in [0, 0.1) is 0 Å². The third-order valence-electron chi connectivity index (χ3n) is 3.42. The summed E-state index contributed by atoms with van der Waals surface area (Å²) in [5, 5.41) is 14.2. The molecule has 1 amide bonds. The molecule has 1 heterocycles. The molecule has 0 fully saturated rings. The summed E-state index contributed by atoms with van der Waals surface area (Å²) in [6.45, 7) is 1.94. The fourth-order valence-electron chi connectivity index (χ4n) is 2.40. The van der Waals surface area contributed by atoms with Gasteiger partial charge in [0.1, 0.15) is 0 Å². The number of anilines is 1. The summed E-state index contributed by atoms with van der Waals surface area (Å²) >= 11 is 0. The first-order valence-electron chi connectivity index (χ1n) is 6.28. The SMILES string of the molecule is CC[C@@H]1C[C@H](NC(=O)O)c2cc(C(F)(F)F)ccc2N1. The lowest BCUT2D eigenvalue weighted by Crippen LogP contribution is -2.36. The average Bonchev–Trinajstić information content (AvgIpc) is 2.36. The van der Waals surface area contributed by atoms with Gasteiger partial charge in [-0.05, 0) is 36.6 Å². The number of benzene rings is 1. The number of hydrogen-bond donors (Lipinski definition) is 3. The van der Waals surface area contributed by atoms with Crippen LogP contribution in [0.4, 0.5) is 23.7 Å². The van der Waals surface area contributed by atoms with Crippen molar-refractivity contribution in [1.29, 1.82) is 0 Å². The number of rotatable bonds is 2. The normalized spacial score (nSPS) is 21.8. The third kappa shape index (κ3) is 2.97. The van der Waals surface area contributed by atoms with Crippen LogP contribution < -0.4 is 10.6 Å². The van der Waals surface area contributed by atoms with Gasteiger partial charge < -0.3 is 15.7 Å². The van der Waals surface area contributed by atoms with Gasteiger partial charge in [-0.25, -0.2) is 4.79 Å². The van der Waals surface area contributed by atoms with Gasteiger partial charge in [-0.3, -0.25) is 0 Å². The van der Waals surface area contributed by atoms with E-state index in [2.05, 4.69) is 10.6 Å². The van der Waals surface area contributed by atoms with Crippen LogP contribution in [0.25, 0.3) is 0 Å². The van der Waals surface area contributed by atoms with Crippen molar-refractivity contribution >= 4 is 11.8 Å². The number of fused-ring (bicyclic) bond motifs is 1. The van der Waals surface area contributed by atoms with E-state index in [1.165, 1.54) is 6.07 Å². The zero-order valence-corrected chi connectivity index (χ0v) is 10.8. The standard InChI is InChI=1S/C13H15F3N2O2/c1-2-8-6-11(18-12(19)20)9-5-7(13(14,15)16)3-4-10(9)17-8/h3-5,8,11,17-18H,2,6H2,1H3,(H,19,20)/t8-,11+/m1/s1. The van der Waals surface area contributed by atoms with E-state index < -0.39 is 23.9 Å². The van der Waals surface area contributed by atoms with Gasteiger partial charge in [0, 0.05) is 11.7 Å². The minimum Gasteiger partial charge on any atom is -0.465 e. The van der Waals surface area contributed by atoms with Crippen LogP contribution >= 0.6 is 0 Å². The molecule has 1 aromatic rings. The monoisotopic (exact) mass is 288 g/mol. The lowest BCUT2D eigenvalue weighted by molar-refractivity contribution is -0.137. The number of nitrogens with one attached hydrogen (secondary N) is 2. The van der Waals surface area contributed by atoms with E-state index in [-0.39, 0.29) is 6.04 Å². The molecule has 0 bridgehead atoms. The molecule has 0 saturated heterocycles. The smallest absolute Gasteiger partial charge is 0.416 e. The Morgan fingerprint density at radius 2 is 2.20 bits per heavy atom. The van der Waals surface area contributed by atoms with Crippen LogP contribution in [0.1, 0.15) is 36.9 Å². The van der Waals surface area contributed by atoms with E-state index in [0.717, 1.165) is 18.6 Å². The van der Waals surface area contributed by atoms with E-state index in [1.807, 2.05) is 6.92 Å². The van der Waals surface area contributed by atoms with E-state index in [4.69, 9.17) is 5.11 Å². The predicted octanol–water partition coefficient (Wildman–Crippen LogP) is 3.61. The summed E-state index contributed by atoms with van der Waals surface area (Å²) in [6, 6.07) is 2.78. The Morgan fingerprint density at radius 3 is 2.75 bits per heavy atom. The highest BCUT2D eigenvalue weighted by molar-refractivity contribution is 5.67. The first-order valence-corrected chi connectivity index (χ1v) is 6.28. The molecule has 0 aromatic heterocycles. The fourth-order valence-corrected chi connectivity index (χ4v) is 2.40. The molecule has 4 nitrogen and oxygen atoms in total. The molecule has 110 valence electrons. The topological polar surface area (TPSA) is 61.4 Å². The molecule has 7 heteroatoms. The largest absolute Gasteiger partial charge is 0.465 e. The van der Waals surface area contributed by atoms with Gasteiger partial charge in [0.15, 0.2) is 0 Å². The molecule has 3 N–H and O–H groups in total. The molecule has 1 aliphatic rings. The van der Waals surface area contributed by atoms with Gasteiger partial charge in [-0.1, -0.05) is 6.92 Å². The molecule has 1 aromatic carbocycles. The van der Waals surface area contributed by atoms with Crippen molar-refractivity contribution in [1.82, 2.24) is 5.32 Å². The van der Waals surface area contributed by atoms with Gasteiger partial charge >= 0.3 is 12.3 Å². The molecule has 2 atom stereocenters. The van der Waals surface area contributed by atoms with Crippen molar-refractivity contribution in [3.8, 4) is 0 Å². The van der Waals surface area contributed by atoms with Crippen LogP contribution in [0.3, 0.4) is 0 Å². The molecule has 20 heavy (non-hydrogen) atoms. The van der Waals surface area contributed by atoms with E-state index in [9.17, 15) is 18.0 Å². The van der Waals surface area contributed by atoms with Crippen molar-refractivity contribution in [3.63, 3.8) is 0 Å². The third-order valence-corrected chi connectivity index (χ3v) is 3.42. The number of hydrogen-bond acceptors (Lipinski definition) is 2. The van der Waals surface area contributed by atoms with Crippen molar-refractivity contribution < 1.29 is 23.1 Å². The molecule has 0 spiro atoms. The van der Waals surface area contributed by atoms with E-state index >= 15 is 0 Å². The Kier molecular flexibility index (Phi) is 3.78. The van der Waals surface area contributed by atoms with Crippen molar-refractivity contribution in [3.05, 3.63) is 29.3 Å². The van der Waals surface area contributed by atoms with Gasteiger partial charge in [-0.2, -0.15) is 13.2 Å². The zero-order valence-electron chi connectivity index (χ0n) is 10.8. The fraction of sp³-hybridized carbons (Fsp3) is 0.462. The van der Waals surface area contributed by atoms with Crippen LogP contribution in [0.2, 0.25) is 0 Å². The Bertz CT molecular complexity index is 517. The van der Waals surface area contributed by atoms with Crippen molar-refractivity contribution in [2.75, 3.05) is 5.32 Å². The summed E-state index contributed by atoms with van der Waals surface area (Å²) in [6.07, 6.45) is -4.49. The molecule has 0 unspecified atom stereocenters. The second-order valence-electron chi connectivity index (χ2n) is 4.79. The number of amides is 1. The van der Waals surface area contributed by atoms with Crippen LogP contribution in [-0.4, -0.2) is 17.2 Å². The second-order valence-corrected chi connectivity index (χ2v) is 4.79. The van der Waals surface area contributed by atoms with E-state index in [0.29, 0.717) is 17.7 Å². The Hall–Kier alpha value is -1.92. The second kappa shape index (κ2) is 5.22. The van der Waals surface area contributed by atoms with Gasteiger partial charge in [-0.15, -0.1) is 0 Å². The molecule has 0 saturated carbocycles. The number of carboxylic acid groups (broad SMARTS) is 1. The Balaban J connectivity index is 2.40. The molecular formula is C13H15F3N2O2. The van der Waals surface area contributed by atoms with Gasteiger partial charge in [0.2, 0.25) is 0 Å². The highest BCUT2D eigenvalue weighted by atomic mass is 19.4. The maximum absolute atomic E-state index is 12.7. The minimum atomic E-state index is -4.44. The van der Waals surface area contributed by atoms with Gasteiger partial charge in [0.25, 0.3) is 0 Å². The lowest BCUT2D eigenvalue weighted by atomic mass is 9.90. The van der Waals surface area contributed by atoms with Gasteiger partial charge in [0.05, 0.1) is 11.6 Å². The predicted molar refractivity (Wildman–Crippen MR) is 67.7 cm³/mol. The maximum Gasteiger partial charge on any atom is 0.416 e. The van der Waals surface area contributed by atoms with Crippen LogP contribution in [-0.2, 0) is 6.18 Å². The zero-order chi connectivity index (χ0) is 14.9. The lowest BCUT2D eigenvalue weighted by Gasteiger charge is -2.33. The Labute approximate surface area is 114 Å². The number of halogens is 3. The Morgan fingerprint density at radius 1 is 1.50 bits per heavy atom. The van der Waals surface area contributed by atoms with Crippen LogP contribution in [0.15, 0.2) is 18.2 Å². The van der Waals surface area contributed by atoms with E-state index in [1.54, 1.807) is 0 Å². The molecule has 1 aliphatic heterocycles. The summed E-state index contributed by atoms with van der Waals surface area (Å²) < 4.78 is 38.2. The highest BCUT2D eigenvalue weighted by Gasteiger charge is 2.34. The molecule has 0 radical (unpaired) electrons. The molecular weight excluding hydrogens is 273 g/mol. The van der Waals surface area contributed by atoms with Crippen LogP contribution in [0.5, 0.6) is 0 Å². The highest BCUT2D eigenvalue weighted by Crippen LogP contribution is 2.38. The first kappa shape index (κ1) is 14.5. The summed E-state index contributed by atoms with van der Waals surface area (Å²) in [7, 11) is 0. The van der Waals surface area contributed by atoms with Crippen molar-refractivity contribution in [2.24, 2.45) is 0 Å². The molecule has 2 rings (SSSR count). The first-order chi connectivity index (χ1) is 9.31. The summed E-state index contributed by atoms with van der Waals surface area (Å²) in [5.74, 6) is 0. The summed E-state index contributed by atoms with van der Waals surface area (Å²) in [5.41, 5.74) is 0.118.